The van der Waals surface area contributed by atoms with Gasteiger partial charge in [0.15, 0.2) is 0 Å². The van der Waals surface area contributed by atoms with Crippen molar-refractivity contribution in [3.63, 3.8) is 0 Å². The third-order valence-corrected chi connectivity index (χ3v) is 5.52. The Bertz CT molecular complexity index is 934. The highest BCUT2D eigenvalue weighted by Gasteiger charge is 2.23. The molecule has 2 heterocycles. The Morgan fingerprint density at radius 1 is 1.12 bits per heavy atom. The molecule has 2 aromatic carbocycles. The van der Waals surface area contributed by atoms with Gasteiger partial charge < -0.3 is 15.5 Å². The van der Waals surface area contributed by atoms with Crippen molar-refractivity contribution in [1.82, 2.24) is 9.88 Å². The number of rotatable bonds is 2. The van der Waals surface area contributed by atoms with Crippen LogP contribution in [0.25, 0.3) is 10.2 Å². The molecule has 25 heavy (non-hydrogen) atoms. The number of anilines is 2. The molecule has 0 spiro atoms. The van der Waals surface area contributed by atoms with Gasteiger partial charge in [-0.3, -0.25) is 4.79 Å². The minimum Gasteiger partial charge on any atom is -0.397 e. The van der Waals surface area contributed by atoms with E-state index in [4.69, 9.17) is 17.3 Å². The second kappa shape index (κ2) is 6.54. The van der Waals surface area contributed by atoms with Crippen molar-refractivity contribution in [3.8, 4) is 0 Å². The van der Waals surface area contributed by atoms with E-state index in [1.807, 2.05) is 35.2 Å². The number of nitrogen functional groups attached to an aromatic ring is 1. The van der Waals surface area contributed by atoms with Gasteiger partial charge >= 0.3 is 0 Å². The van der Waals surface area contributed by atoms with Crippen LogP contribution in [0.2, 0.25) is 5.02 Å². The topological polar surface area (TPSA) is 62.5 Å². The highest BCUT2D eigenvalue weighted by Crippen LogP contribution is 2.28. The molecule has 1 saturated heterocycles. The number of carbonyl (C=O) groups excluding carboxylic acids is 1. The normalized spacial score (nSPS) is 14.9. The quantitative estimate of drug-likeness (QED) is 0.699. The van der Waals surface area contributed by atoms with Gasteiger partial charge in [-0.05, 0) is 36.4 Å². The molecule has 4 rings (SSSR count). The summed E-state index contributed by atoms with van der Waals surface area (Å²) in [6.07, 6.45) is 0. The molecule has 1 aromatic heterocycles. The summed E-state index contributed by atoms with van der Waals surface area (Å²) in [7, 11) is 0. The summed E-state index contributed by atoms with van der Waals surface area (Å²) in [6.45, 7) is 2.77. The van der Waals surface area contributed by atoms with Crippen LogP contribution in [0.5, 0.6) is 0 Å². The number of halogens is 1. The molecular weight excluding hydrogens is 356 g/mol. The molecule has 0 radical (unpaired) electrons. The molecular formula is C18H17ClN4OS. The number of hydrogen-bond acceptors (Lipinski definition) is 5. The van der Waals surface area contributed by atoms with E-state index in [1.165, 1.54) is 0 Å². The van der Waals surface area contributed by atoms with Crippen LogP contribution in [-0.4, -0.2) is 42.0 Å². The summed E-state index contributed by atoms with van der Waals surface area (Å²) in [4.78, 5) is 21.1. The molecule has 0 unspecified atom stereocenters. The number of piperazine rings is 1. The SMILES string of the molecule is Nc1ccc(Cl)cc1N1CCN(C(=O)c2ccc3scnc3c2)CC1. The monoisotopic (exact) mass is 372 g/mol. The van der Waals surface area contributed by atoms with Gasteiger partial charge in [0.2, 0.25) is 0 Å². The van der Waals surface area contributed by atoms with E-state index in [0.717, 1.165) is 29.0 Å². The Morgan fingerprint density at radius 3 is 2.72 bits per heavy atom. The highest BCUT2D eigenvalue weighted by molar-refractivity contribution is 7.16. The Hall–Kier alpha value is -2.31. The molecule has 1 amide bonds. The molecule has 1 aliphatic rings. The predicted octanol–water partition coefficient (Wildman–Crippen LogP) is 3.49. The number of fused-ring (bicyclic) bond motifs is 1. The Balaban J connectivity index is 1.47. The number of hydrogen-bond donors (Lipinski definition) is 1. The average molecular weight is 373 g/mol. The number of thiazole rings is 1. The molecule has 0 aliphatic carbocycles. The molecule has 0 saturated carbocycles. The first-order chi connectivity index (χ1) is 12.1. The van der Waals surface area contributed by atoms with E-state index in [1.54, 1.807) is 22.9 Å². The lowest BCUT2D eigenvalue weighted by atomic mass is 10.1. The van der Waals surface area contributed by atoms with Crippen LogP contribution >= 0.6 is 22.9 Å². The molecule has 7 heteroatoms. The summed E-state index contributed by atoms with van der Waals surface area (Å²) in [5, 5.41) is 0.666. The Labute approximate surface area is 154 Å². The van der Waals surface area contributed by atoms with Crippen LogP contribution in [0.4, 0.5) is 11.4 Å². The summed E-state index contributed by atoms with van der Waals surface area (Å²) < 4.78 is 1.10. The van der Waals surface area contributed by atoms with E-state index in [-0.39, 0.29) is 5.91 Å². The lowest BCUT2D eigenvalue weighted by Crippen LogP contribution is -2.49. The molecule has 1 fully saturated rings. The van der Waals surface area contributed by atoms with Gasteiger partial charge in [0.25, 0.3) is 5.91 Å². The average Bonchev–Trinajstić information content (AvgIpc) is 3.11. The predicted molar refractivity (Wildman–Crippen MR) is 104 cm³/mol. The maximum atomic E-state index is 12.8. The van der Waals surface area contributed by atoms with E-state index in [9.17, 15) is 4.79 Å². The molecule has 5 nitrogen and oxygen atoms in total. The second-order valence-corrected chi connectivity index (χ2v) is 7.34. The zero-order chi connectivity index (χ0) is 17.4. The van der Waals surface area contributed by atoms with Crippen LogP contribution in [0.1, 0.15) is 10.4 Å². The first kappa shape index (κ1) is 16.2. The Kier molecular flexibility index (Phi) is 4.23. The summed E-state index contributed by atoms with van der Waals surface area (Å²) in [6, 6.07) is 11.2. The second-order valence-electron chi connectivity index (χ2n) is 6.02. The third-order valence-electron chi connectivity index (χ3n) is 4.48. The molecule has 0 bridgehead atoms. The van der Waals surface area contributed by atoms with Gasteiger partial charge in [0.05, 0.1) is 27.1 Å². The standard InChI is InChI=1S/C18H17ClN4OS/c19-13-2-3-14(20)16(10-13)22-5-7-23(8-6-22)18(24)12-1-4-17-15(9-12)21-11-25-17/h1-4,9-11H,5-8,20H2. The number of benzene rings is 2. The van der Waals surface area contributed by atoms with Gasteiger partial charge in [-0.1, -0.05) is 11.6 Å². The van der Waals surface area contributed by atoms with Crippen molar-refractivity contribution in [2.75, 3.05) is 36.8 Å². The summed E-state index contributed by atoms with van der Waals surface area (Å²) >= 11 is 7.66. The van der Waals surface area contributed by atoms with Crippen LogP contribution in [0.3, 0.4) is 0 Å². The highest BCUT2D eigenvalue weighted by atomic mass is 35.5. The Morgan fingerprint density at radius 2 is 1.92 bits per heavy atom. The molecule has 1 aliphatic heterocycles. The van der Waals surface area contributed by atoms with Crippen molar-refractivity contribution in [2.45, 2.75) is 0 Å². The van der Waals surface area contributed by atoms with Gasteiger partial charge in [-0.15, -0.1) is 11.3 Å². The van der Waals surface area contributed by atoms with Gasteiger partial charge in [-0.25, -0.2) is 4.98 Å². The zero-order valence-electron chi connectivity index (χ0n) is 13.5. The fourth-order valence-electron chi connectivity index (χ4n) is 3.11. The third kappa shape index (κ3) is 3.15. The van der Waals surface area contributed by atoms with Crippen molar-refractivity contribution in [3.05, 3.63) is 52.5 Å². The number of amides is 1. The molecule has 0 atom stereocenters. The van der Waals surface area contributed by atoms with Crippen molar-refractivity contribution < 1.29 is 4.79 Å². The zero-order valence-corrected chi connectivity index (χ0v) is 15.1. The van der Waals surface area contributed by atoms with Crippen molar-refractivity contribution in [1.29, 1.82) is 0 Å². The lowest BCUT2D eigenvalue weighted by Gasteiger charge is -2.36. The summed E-state index contributed by atoms with van der Waals surface area (Å²) in [5.41, 5.74) is 11.1. The van der Waals surface area contributed by atoms with Crippen LogP contribution in [0.15, 0.2) is 41.9 Å². The van der Waals surface area contributed by atoms with Crippen LogP contribution < -0.4 is 10.6 Å². The molecule has 3 aromatic rings. The maximum Gasteiger partial charge on any atom is 0.254 e. The fraction of sp³-hybridized carbons (Fsp3) is 0.222. The molecule has 128 valence electrons. The largest absolute Gasteiger partial charge is 0.397 e. The maximum absolute atomic E-state index is 12.8. The van der Waals surface area contributed by atoms with E-state index < -0.39 is 0 Å². The van der Waals surface area contributed by atoms with E-state index in [0.29, 0.717) is 29.4 Å². The lowest BCUT2D eigenvalue weighted by molar-refractivity contribution is 0.0747. The van der Waals surface area contributed by atoms with Crippen molar-refractivity contribution in [2.24, 2.45) is 0 Å². The minimum absolute atomic E-state index is 0.0496. The van der Waals surface area contributed by atoms with Gasteiger partial charge in [0.1, 0.15) is 0 Å². The van der Waals surface area contributed by atoms with Crippen LogP contribution in [-0.2, 0) is 0 Å². The number of nitrogens with zero attached hydrogens (tertiary/aromatic N) is 3. The summed E-state index contributed by atoms with van der Waals surface area (Å²) in [5.74, 6) is 0.0496. The van der Waals surface area contributed by atoms with Gasteiger partial charge in [-0.2, -0.15) is 0 Å². The first-order valence-electron chi connectivity index (χ1n) is 8.04. The van der Waals surface area contributed by atoms with Crippen molar-refractivity contribution >= 4 is 50.4 Å². The van der Waals surface area contributed by atoms with Crippen LogP contribution in [0, 0.1) is 0 Å². The van der Waals surface area contributed by atoms with E-state index >= 15 is 0 Å². The number of aromatic nitrogens is 1. The smallest absolute Gasteiger partial charge is 0.254 e. The fourth-order valence-corrected chi connectivity index (χ4v) is 3.94. The van der Waals surface area contributed by atoms with Gasteiger partial charge in [0, 0.05) is 36.8 Å². The number of carbonyl (C=O) groups is 1. The minimum atomic E-state index is 0.0496. The van der Waals surface area contributed by atoms with E-state index in [2.05, 4.69) is 9.88 Å². The first-order valence-corrected chi connectivity index (χ1v) is 9.30. The number of nitrogens with two attached hydrogens (primary N) is 1. The molecule has 2 N–H and O–H groups in total.